The number of ketones is 1. The predicted octanol–water partition coefficient (Wildman–Crippen LogP) is 3.87. The fourth-order valence-electron chi connectivity index (χ4n) is 2.08. The smallest absolute Gasteiger partial charge is 0.306 e. The first-order chi connectivity index (χ1) is 11.1. The summed E-state index contributed by atoms with van der Waals surface area (Å²) in [4.78, 5) is 27.5. The molecule has 1 aromatic carbocycles. The van der Waals surface area contributed by atoms with E-state index in [1.807, 2.05) is 12.1 Å². The highest BCUT2D eigenvalue weighted by Gasteiger charge is 2.10. The van der Waals surface area contributed by atoms with E-state index in [4.69, 9.17) is 16.3 Å². The van der Waals surface area contributed by atoms with Crippen LogP contribution in [0.4, 0.5) is 0 Å². The molecule has 2 rings (SSSR count). The third-order valence-electron chi connectivity index (χ3n) is 3.34. The molecule has 0 bridgehead atoms. The minimum Gasteiger partial charge on any atom is -0.466 e. The van der Waals surface area contributed by atoms with Crippen molar-refractivity contribution in [1.82, 2.24) is 4.98 Å². The van der Waals surface area contributed by atoms with E-state index in [9.17, 15) is 9.59 Å². The van der Waals surface area contributed by atoms with Crippen LogP contribution in [0.1, 0.15) is 35.2 Å². The number of halogens is 1. The number of carbonyl (C=O) groups excluding carboxylic acids is 2. The van der Waals surface area contributed by atoms with Crippen LogP contribution in [0.3, 0.4) is 0 Å². The molecule has 4 nitrogen and oxygen atoms in total. The zero-order chi connectivity index (χ0) is 16.5. The van der Waals surface area contributed by atoms with E-state index in [1.165, 1.54) is 0 Å². The minimum atomic E-state index is -0.345. The monoisotopic (exact) mass is 331 g/mol. The zero-order valence-corrected chi connectivity index (χ0v) is 13.5. The van der Waals surface area contributed by atoms with E-state index in [0.29, 0.717) is 17.2 Å². The minimum absolute atomic E-state index is 0.0876. The van der Waals surface area contributed by atoms with Crippen LogP contribution in [0.2, 0.25) is 5.02 Å². The number of ether oxygens (including phenoxy) is 1. The lowest BCUT2D eigenvalue weighted by molar-refractivity contribution is -0.143. The number of aromatic nitrogens is 1. The van der Waals surface area contributed by atoms with Crippen molar-refractivity contribution in [3.8, 4) is 0 Å². The summed E-state index contributed by atoms with van der Waals surface area (Å²) >= 11 is 5.77. The van der Waals surface area contributed by atoms with Crippen LogP contribution in [0, 0.1) is 0 Å². The van der Waals surface area contributed by atoms with E-state index < -0.39 is 0 Å². The van der Waals surface area contributed by atoms with Gasteiger partial charge in [-0.15, -0.1) is 0 Å². The Balaban J connectivity index is 1.63. The van der Waals surface area contributed by atoms with Crippen molar-refractivity contribution < 1.29 is 14.3 Å². The number of Topliss-reactive ketones (excluding diaryl/α,β-unsaturated/α-hetero) is 1. The van der Waals surface area contributed by atoms with Crippen LogP contribution in [-0.2, 0) is 16.0 Å². The fourth-order valence-corrected chi connectivity index (χ4v) is 2.21. The number of carbonyl (C=O) groups is 2. The summed E-state index contributed by atoms with van der Waals surface area (Å²) < 4.78 is 5.14. The molecule has 1 heterocycles. The molecule has 1 aromatic heterocycles. The number of benzene rings is 1. The van der Waals surface area contributed by atoms with Gasteiger partial charge in [0.05, 0.1) is 13.0 Å². The van der Waals surface area contributed by atoms with Gasteiger partial charge in [0.25, 0.3) is 0 Å². The Morgan fingerprint density at radius 1 is 1.00 bits per heavy atom. The van der Waals surface area contributed by atoms with Crippen molar-refractivity contribution in [2.24, 2.45) is 0 Å². The van der Waals surface area contributed by atoms with Crippen molar-refractivity contribution >= 4 is 23.4 Å². The Kier molecular flexibility index (Phi) is 6.76. The summed E-state index contributed by atoms with van der Waals surface area (Å²) in [5.74, 6) is -0.433. The Hall–Kier alpha value is -2.20. The second-order valence-electron chi connectivity index (χ2n) is 5.11. The molecule has 0 aliphatic carbocycles. The number of aryl methyl sites for hydroxylation is 1. The predicted molar refractivity (Wildman–Crippen MR) is 88.5 cm³/mol. The average molecular weight is 332 g/mol. The summed E-state index contributed by atoms with van der Waals surface area (Å²) in [5, 5.41) is 0.579. The molecule has 23 heavy (non-hydrogen) atoms. The van der Waals surface area contributed by atoms with Crippen molar-refractivity contribution in [2.45, 2.75) is 25.7 Å². The maximum absolute atomic E-state index is 11.9. The number of hydrogen-bond acceptors (Lipinski definition) is 4. The lowest BCUT2D eigenvalue weighted by atomic mass is 10.1. The molecule has 2 aromatic rings. The van der Waals surface area contributed by atoms with Crippen LogP contribution < -0.4 is 0 Å². The molecule has 0 saturated carbocycles. The van der Waals surface area contributed by atoms with Gasteiger partial charge in [-0.1, -0.05) is 11.6 Å². The highest BCUT2D eigenvalue weighted by molar-refractivity contribution is 6.30. The summed E-state index contributed by atoms with van der Waals surface area (Å²) in [5.41, 5.74) is 1.72. The second-order valence-corrected chi connectivity index (χ2v) is 5.55. The van der Waals surface area contributed by atoms with Gasteiger partial charge in [-0.05, 0) is 54.8 Å². The van der Waals surface area contributed by atoms with Gasteiger partial charge < -0.3 is 4.74 Å². The van der Waals surface area contributed by atoms with E-state index >= 15 is 0 Å². The number of esters is 1. The lowest BCUT2D eigenvalue weighted by Gasteiger charge is -2.05. The third kappa shape index (κ3) is 6.20. The van der Waals surface area contributed by atoms with E-state index in [1.54, 1.807) is 36.7 Å². The van der Waals surface area contributed by atoms with Crippen molar-refractivity contribution in [1.29, 1.82) is 0 Å². The maximum Gasteiger partial charge on any atom is 0.306 e. The van der Waals surface area contributed by atoms with Gasteiger partial charge in [0.1, 0.15) is 0 Å². The van der Waals surface area contributed by atoms with Crippen LogP contribution in [-0.4, -0.2) is 23.3 Å². The number of nitrogens with zero attached hydrogens (tertiary/aromatic N) is 1. The van der Waals surface area contributed by atoms with Gasteiger partial charge >= 0.3 is 5.97 Å². The largest absolute Gasteiger partial charge is 0.466 e. The van der Waals surface area contributed by atoms with E-state index in [-0.39, 0.29) is 24.6 Å². The van der Waals surface area contributed by atoms with Gasteiger partial charge in [-0.3, -0.25) is 14.6 Å². The summed E-state index contributed by atoms with van der Waals surface area (Å²) in [6.07, 6.45) is 5.30. The highest BCUT2D eigenvalue weighted by Crippen LogP contribution is 2.12. The normalized spacial score (nSPS) is 10.3. The molecule has 0 atom stereocenters. The zero-order valence-electron chi connectivity index (χ0n) is 12.7. The van der Waals surface area contributed by atoms with E-state index in [2.05, 4.69) is 4.98 Å². The molecule has 0 radical (unpaired) electrons. The molecular formula is C18H18ClNO3. The van der Waals surface area contributed by atoms with Crippen LogP contribution >= 0.6 is 11.6 Å². The average Bonchev–Trinajstić information content (AvgIpc) is 2.58. The molecule has 0 amide bonds. The standard InChI is InChI=1S/C18H18ClNO3/c19-16-5-3-15(4-6-16)17(21)7-8-18(22)23-13-1-2-14-9-11-20-12-10-14/h3-6,9-12H,1-2,7-8,13H2. The molecule has 0 N–H and O–H groups in total. The van der Waals surface area contributed by atoms with Crippen molar-refractivity contribution in [3.05, 3.63) is 64.9 Å². The number of hydrogen-bond donors (Lipinski definition) is 0. The van der Waals surface area contributed by atoms with Gasteiger partial charge in [0, 0.05) is 29.4 Å². The molecule has 0 spiro atoms. The Labute approximate surface area is 140 Å². The first-order valence-electron chi connectivity index (χ1n) is 7.48. The van der Waals surface area contributed by atoms with Crippen molar-refractivity contribution in [2.75, 3.05) is 6.61 Å². The van der Waals surface area contributed by atoms with Crippen LogP contribution in [0.25, 0.3) is 0 Å². The molecule has 0 fully saturated rings. The van der Waals surface area contributed by atoms with Crippen LogP contribution in [0.15, 0.2) is 48.8 Å². The fraction of sp³-hybridized carbons (Fsp3) is 0.278. The molecule has 0 unspecified atom stereocenters. The highest BCUT2D eigenvalue weighted by atomic mass is 35.5. The first kappa shape index (κ1) is 17.2. The SMILES string of the molecule is O=C(CCC(=O)c1ccc(Cl)cc1)OCCCc1ccncc1. The quantitative estimate of drug-likeness (QED) is 0.418. The summed E-state index contributed by atoms with van der Waals surface area (Å²) in [7, 11) is 0. The van der Waals surface area contributed by atoms with Gasteiger partial charge in [-0.2, -0.15) is 0 Å². The molecule has 0 aliphatic heterocycles. The first-order valence-corrected chi connectivity index (χ1v) is 7.86. The Morgan fingerprint density at radius 3 is 2.39 bits per heavy atom. The maximum atomic E-state index is 11.9. The number of rotatable bonds is 8. The van der Waals surface area contributed by atoms with E-state index in [0.717, 1.165) is 18.4 Å². The molecule has 0 aliphatic rings. The number of pyridine rings is 1. The summed E-state index contributed by atoms with van der Waals surface area (Å²) in [6.45, 7) is 0.357. The van der Waals surface area contributed by atoms with Crippen LogP contribution in [0.5, 0.6) is 0 Å². The lowest BCUT2D eigenvalue weighted by Crippen LogP contribution is -2.09. The molecular weight excluding hydrogens is 314 g/mol. The topological polar surface area (TPSA) is 56.3 Å². The van der Waals surface area contributed by atoms with Crippen molar-refractivity contribution in [3.63, 3.8) is 0 Å². The molecule has 120 valence electrons. The van der Waals surface area contributed by atoms with Gasteiger partial charge in [0.2, 0.25) is 0 Å². The van der Waals surface area contributed by atoms with Gasteiger partial charge in [0.15, 0.2) is 5.78 Å². The third-order valence-corrected chi connectivity index (χ3v) is 3.60. The summed E-state index contributed by atoms with van der Waals surface area (Å²) in [6, 6.07) is 10.5. The molecule has 5 heteroatoms. The van der Waals surface area contributed by atoms with Gasteiger partial charge in [-0.25, -0.2) is 0 Å². The second kappa shape index (κ2) is 9.06. The Morgan fingerprint density at radius 2 is 1.70 bits per heavy atom. The molecule has 0 saturated heterocycles. The Bertz CT molecular complexity index is 641.